The smallest absolute Gasteiger partial charge is 0.349 e. The van der Waals surface area contributed by atoms with E-state index in [2.05, 4.69) is 6.92 Å². The molecular formula is C23H27NO3. The summed E-state index contributed by atoms with van der Waals surface area (Å²) in [6, 6.07) is 13.4. The second-order valence-corrected chi connectivity index (χ2v) is 6.64. The standard InChI is InChI=1S/C23H27NO3/c1-3-4-5-6-7-8-15-26-23(25)20(17-24)16-21-13-14-22(27-21)19-11-9-18(2)10-12-19/h9-14,16H,3-8,15H2,1-2H3/b20-16+. The summed E-state index contributed by atoms with van der Waals surface area (Å²) in [4.78, 5) is 12.1. The van der Waals surface area contributed by atoms with Crippen LogP contribution in [0.5, 0.6) is 0 Å². The van der Waals surface area contributed by atoms with E-state index in [1.807, 2.05) is 43.3 Å². The molecule has 4 heteroatoms. The van der Waals surface area contributed by atoms with Crippen molar-refractivity contribution in [3.63, 3.8) is 0 Å². The van der Waals surface area contributed by atoms with Crippen molar-refractivity contribution in [2.75, 3.05) is 6.61 Å². The maximum Gasteiger partial charge on any atom is 0.349 e. The summed E-state index contributed by atoms with van der Waals surface area (Å²) in [7, 11) is 0. The number of aryl methyl sites for hydroxylation is 1. The van der Waals surface area contributed by atoms with Crippen LogP contribution in [0.4, 0.5) is 0 Å². The lowest BCUT2D eigenvalue weighted by molar-refractivity contribution is -0.138. The van der Waals surface area contributed by atoms with Gasteiger partial charge in [-0.15, -0.1) is 0 Å². The van der Waals surface area contributed by atoms with E-state index in [0.717, 1.165) is 24.8 Å². The number of hydrogen-bond donors (Lipinski definition) is 0. The van der Waals surface area contributed by atoms with Crippen LogP contribution >= 0.6 is 0 Å². The van der Waals surface area contributed by atoms with Gasteiger partial charge in [-0.25, -0.2) is 4.79 Å². The van der Waals surface area contributed by atoms with Crippen LogP contribution in [0.3, 0.4) is 0 Å². The number of esters is 1. The van der Waals surface area contributed by atoms with E-state index in [1.54, 1.807) is 6.07 Å². The van der Waals surface area contributed by atoms with E-state index in [9.17, 15) is 10.1 Å². The zero-order valence-electron chi connectivity index (χ0n) is 16.2. The largest absolute Gasteiger partial charge is 0.462 e. The minimum absolute atomic E-state index is 0.0502. The van der Waals surface area contributed by atoms with Crippen LogP contribution in [0.15, 0.2) is 46.4 Å². The van der Waals surface area contributed by atoms with Gasteiger partial charge >= 0.3 is 5.97 Å². The Morgan fingerprint density at radius 3 is 2.48 bits per heavy atom. The molecule has 0 saturated heterocycles. The van der Waals surface area contributed by atoms with E-state index >= 15 is 0 Å². The zero-order valence-corrected chi connectivity index (χ0v) is 16.2. The molecule has 4 nitrogen and oxygen atoms in total. The van der Waals surface area contributed by atoms with Gasteiger partial charge in [0.05, 0.1) is 6.61 Å². The van der Waals surface area contributed by atoms with Crippen molar-refractivity contribution in [1.29, 1.82) is 5.26 Å². The Balaban J connectivity index is 1.89. The molecule has 0 atom stereocenters. The van der Waals surface area contributed by atoms with Gasteiger partial charge < -0.3 is 9.15 Å². The van der Waals surface area contributed by atoms with Crippen LogP contribution in [0.1, 0.15) is 56.8 Å². The molecule has 1 heterocycles. The molecule has 27 heavy (non-hydrogen) atoms. The third-order valence-electron chi connectivity index (χ3n) is 4.32. The van der Waals surface area contributed by atoms with Crippen LogP contribution in [-0.4, -0.2) is 12.6 Å². The summed E-state index contributed by atoms with van der Waals surface area (Å²) >= 11 is 0. The van der Waals surface area contributed by atoms with Crippen LogP contribution in [0, 0.1) is 18.3 Å². The molecule has 1 aromatic heterocycles. The summed E-state index contributed by atoms with van der Waals surface area (Å²) in [6.07, 6.45) is 8.12. The zero-order chi connectivity index (χ0) is 19.5. The molecule has 0 amide bonds. The van der Waals surface area contributed by atoms with Gasteiger partial charge in [-0.05, 0) is 25.5 Å². The van der Waals surface area contributed by atoms with Crippen molar-refractivity contribution in [3.8, 4) is 17.4 Å². The van der Waals surface area contributed by atoms with Gasteiger partial charge in [0.25, 0.3) is 0 Å². The Bertz CT molecular complexity index is 794. The second-order valence-electron chi connectivity index (χ2n) is 6.64. The Morgan fingerprint density at radius 2 is 1.78 bits per heavy atom. The number of rotatable bonds is 10. The van der Waals surface area contributed by atoms with Crippen LogP contribution in [0.2, 0.25) is 0 Å². The van der Waals surface area contributed by atoms with Crippen molar-refractivity contribution in [2.45, 2.75) is 52.4 Å². The number of furan rings is 1. The minimum atomic E-state index is -0.598. The molecule has 0 aliphatic carbocycles. The van der Waals surface area contributed by atoms with Gasteiger partial charge in [0.2, 0.25) is 0 Å². The maximum absolute atomic E-state index is 12.1. The topological polar surface area (TPSA) is 63.2 Å². The number of hydrogen-bond acceptors (Lipinski definition) is 4. The van der Waals surface area contributed by atoms with Crippen LogP contribution in [-0.2, 0) is 9.53 Å². The summed E-state index contributed by atoms with van der Waals surface area (Å²) < 4.78 is 10.9. The Labute approximate surface area is 161 Å². The van der Waals surface area contributed by atoms with E-state index < -0.39 is 5.97 Å². The lowest BCUT2D eigenvalue weighted by atomic mass is 10.1. The number of benzene rings is 1. The van der Waals surface area contributed by atoms with Crippen molar-refractivity contribution < 1.29 is 13.9 Å². The minimum Gasteiger partial charge on any atom is -0.462 e. The Kier molecular flexibility index (Phi) is 8.38. The highest BCUT2D eigenvalue weighted by Gasteiger charge is 2.12. The number of carbonyl (C=O) groups excluding carboxylic acids is 1. The number of ether oxygens (including phenoxy) is 1. The average molecular weight is 365 g/mol. The van der Waals surface area contributed by atoms with E-state index in [0.29, 0.717) is 18.1 Å². The highest BCUT2D eigenvalue weighted by molar-refractivity contribution is 5.97. The fraction of sp³-hybridized carbons (Fsp3) is 0.391. The molecule has 0 aliphatic rings. The average Bonchev–Trinajstić information content (AvgIpc) is 3.14. The highest BCUT2D eigenvalue weighted by atomic mass is 16.5. The third-order valence-corrected chi connectivity index (χ3v) is 4.32. The van der Waals surface area contributed by atoms with E-state index in [-0.39, 0.29) is 5.57 Å². The number of unbranched alkanes of at least 4 members (excludes halogenated alkanes) is 5. The first-order chi connectivity index (χ1) is 13.1. The molecule has 0 aliphatic heterocycles. The summed E-state index contributed by atoms with van der Waals surface area (Å²) in [5.74, 6) is 0.553. The lowest BCUT2D eigenvalue weighted by Gasteiger charge is -2.03. The normalized spacial score (nSPS) is 11.2. The summed E-state index contributed by atoms with van der Waals surface area (Å²) in [5.41, 5.74) is 2.07. The molecule has 2 rings (SSSR count). The quantitative estimate of drug-likeness (QED) is 0.222. The molecule has 2 aromatic rings. The van der Waals surface area contributed by atoms with Gasteiger partial charge in [-0.3, -0.25) is 0 Å². The fourth-order valence-corrected chi connectivity index (χ4v) is 2.71. The number of carbonyl (C=O) groups is 1. The molecular weight excluding hydrogens is 338 g/mol. The van der Waals surface area contributed by atoms with Crippen LogP contribution < -0.4 is 0 Å². The van der Waals surface area contributed by atoms with Crippen molar-refractivity contribution >= 4 is 12.0 Å². The monoisotopic (exact) mass is 365 g/mol. The van der Waals surface area contributed by atoms with Gasteiger partial charge in [0.1, 0.15) is 23.2 Å². The first kappa shape index (κ1) is 20.5. The first-order valence-corrected chi connectivity index (χ1v) is 9.60. The molecule has 142 valence electrons. The lowest BCUT2D eigenvalue weighted by Crippen LogP contribution is -2.07. The number of nitriles is 1. The Morgan fingerprint density at radius 1 is 1.07 bits per heavy atom. The number of nitrogens with zero attached hydrogens (tertiary/aromatic N) is 1. The first-order valence-electron chi connectivity index (χ1n) is 9.60. The molecule has 0 fully saturated rings. The molecule has 0 saturated carbocycles. The molecule has 0 N–H and O–H groups in total. The van der Waals surface area contributed by atoms with Gasteiger partial charge in [0.15, 0.2) is 0 Å². The van der Waals surface area contributed by atoms with E-state index in [1.165, 1.54) is 30.9 Å². The molecule has 0 radical (unpaired) electrons. The van der Waals surface area contributed by atoms with Gasteiger partial charge in [-0.1, -0.05) is 68.9 Å². The van der Waals surface area contributed by atoms with Gasteiger partial charge in [-0.2, -0.15) is 5.26 Å². The molecule has 0 bridgehead atoms. The molecule has 0 unspecified atom stereocenters. The molecule has 0 spiro atoms. The molecule has 1 aromatic carbocycles. The fourth-order valence-electron chi connectivity index (χ4n) is 2.71. The summed E-state index contributed by atoms with van der Waals surface area (Å²) in [6.45, 7) is 4.55. The Hall–Kier alpha value is -2.80. The second kappa shape index (κ2) is 11.0. The van der Waals surface area contributed by atoms with Gasteiger partial charge in [0, 0.05) is 11.6 Å². The predicted molar refractivity (Wildman–Crippen MR) is 107 cm³/mol. The van der Waals surface area contributed by atoms with Crippen LogP contribution in [0.25, 0.3) is 17.4 Å². The SMILES string of the molecule is CCCCCCCCOC(=O)/C(C#N)=C/c1ccc(-c2ccc(C)cc2)o1. The maximum atomic E-state index is 12.1. The third kappa shape index (κ3) is 6.79. The van der Waals surface area contributed by atoms with Crippen molar-refractivity contribution in [3.05, 3.63) is 53.3 Å². The van der Waals surface area contributed by atoms with E-state index in [4.69, 9.17) is 9.15 Å². The highest BCUT2D eigenvalue weighted by Crippen LogP contribution is 2.24. The summed E-state index contributed by atoms with van der Waals surface area (Å²) in [5, 5.41) is 9.25. The van der Waals surface area contributed by atoms with Crippen molar-refractivity contribution in [2.24, 2.45) is 0 Å². The van der Waals surface area contributed by atoms with Crippen molar-refractivity contribution in [1.82, 2.24) is 0 Å². The predicted octanol–water partition coefficient (Wildman–Crippen LogP) is 6.07.